The van der Waals surface area contributed by atoms with Crippen LogP contribution in [0.2, 0.25) is 0 Å². The van der Waals surface area contributed by atoms with Crippen molar-refractivity contribution < 1.29 is 13.6 Å². The number of carbonyl (C=O) groups is 1. The van der Waals surface area contributed by atoms with E-state index in [9.17, 15) is 13.6 Å². The Bertz CT molecular complexity index is 1030. The summed E-state index contributed by atoms with van der Waals surface area (Å²) in [5, 5.41) is 6.65. The van der Waals surface area contributed by atoms with Gasteiger partial charge in [-0.1, -0.05) is 24.3 Å². The number of hydrogen-bond donors (Lipinski definition) is 2. The molecule has 3 aromatic rings. The lowest BCUT2D eigenvalue weighted by Crippen LogP contribution is -2.26. The van der Waals surface area contributed by atoms with Gasteiger partial charge in [-0.25, -0.2) is 14.2 Å². The van der Waals surface area contributed by atoms with Crippen LogP contribution in [0.5, 0.6) is 0 Å². The fraction of sp³-hybridized carbons (Fsp3) is 0.143. The van der Waals surface area contributed by atoms with E-state index in [2.05, 4.69) is 15.8 Å². The molecule has 0 spiro atoms. The summed E-state index contributed by atoms with van der Waals surface area (Å²) < 4.78 is 29.4. The van der Waals surface area contributed by atoms with Gasteiger partial charge in [-0.05, 0) is 44.2 Å². The van der Waals surface area contributed by atoms with Gasteiger partial charge in [0.1, 0.15) is 11.6 Å². The average Bonchev–Trinajstić information content (AvgIpc) is 2.95. The van der Waals surface area contributed by atoms with Crippen LogP contribution >= 0.6 is 0 Å². The minimum absolute atomic E-state index is 0.119. The molecule has 1 amide bonds. The summed E-state index contributed by atoms with van der Waals surface area (Å²) in [4.78, 5) is 11.9. The standard InChI is InChI=1S/C21H20F2N4O/c1-14-11-16(15(2)27(14)20-10-6-4-8-18(20)23)12-25-26-21(28)13-24-19-9-5-3-7-17(19)22/h3-12,24H,13H2,1-2H3,(H,26,28)/b25-12+. The third kappa shape index (κ3) is 4.25. The summed E-state index contributed by atoms with van der Waals surface area (Å²) in [6.07, 6.45) is 1.50. The minimum atomic E-state index is -0.431. The number of benzene rings is 2. The van der Waals surface area contributed by atoms with Crippen LogP contribution in [0, 0.1) is 25.5 Å². The van der Waals surface area contributed by atoms with E-state index in [1.54, 1.807) is 41.0 Å². The van der Waals surface area contributed by atoms with Crippen molar-refractivity contribution in [1.29, 1.82) is 0 Å². The van der Waals surface area contributed by atoms with E-state index in [-0.39, 0.29) is 18.0 Å². The molecule has 0 fully saturated rings. The van der Waals surface area contributed by atoms with E-state index in [4.69, 9.17) is 0 Å². The Hall–Kier alpha value is -3.48. The highest BCUT2D eigenvalue weighted by Crippen LogP contribution is 2.21. The van der Waals surface area contributed by atoms with Gasteiger partial charge in [-0.2, -0.15) is 5.10 Å². The van der Waals surface area contributed by atoms with Crippen LogP contribution in [0.15, 0.2) is 59.7 Å². The number of amides is 1. The van der Waals surface area contributed by atoms with Crippen molar-refractivity contribution in [2.24, 2.45) is 5.10 Å². The molecule has 0 unspecified atom stereocenters. The molecule has 1 aromatic heterocycles. The number of aromatic nitrogens is 1. The predicted molar refractivity (Wildman–Crippen MR) is 106 cm³/mol. The van der Waals surface area contributed by atoms with Crippen LogP contribution in [0.4, 0.5) is 14.5 Å². The molecule has 0 aliphatic rings. The Morgan fingerprint density at radius 3 is 2.46 bits per heavy atom. The van der Waals surface area contributed by atoms with Gasteiger partial charge in [-0.15, -0.1) is 0 Å². The van der Waals surface area contributed by atoms with E-state index in [1.165, 1.54) is 18.3 Å². The quantitative estimate of drug-likeness (QED) is 0.501. The van der Waals surface area contributed by atoms with Crippen LogP contribution in [-0.4, -0.2) is 23.2 Å². The molecular weight excluding hydrogens is 362 g/mol. The molecule has 0 bridgehead atoms. The number of para-hydroxylation sites is 2. The molecule has 0 atom stereocenters. The average molecular weight is 382 g/mol. The number of anilines is 1. The van der Waals surface area contributed by atoms with Gasteiger partial charge in [0.2, 0.25) is 0 Å². The Kier molecular flexibility index (Phi) is 5.84. The molecule has 7 heteroatoms. The molecule has 2 N–H and O–H groups in total. The maximum Gasteiger partial charge on any atom is 0.259 e. The summed E-state index contributed by atoms with van der Waals surface area (Å²) in [6.45, 7) is 3.60. The lowest BCUT2D eigenvalue weighted by atomic mass is 10.2. The van der Waals surface area contributed by atoms with E-state index >= 15 is 0 Å². The summed E-state index contributed by atoms with van der Waals surface area (Å²) in [5.74, 6) is -1.16. The molecule has 2 aromatic carbocycles. The maximum absolute atomic E-state index is 14.1. The number of hydrazone groups is 1. The largest absolute Gasteiger partial charge is 0.374 e. The van der Waals surface area contributed by atoms with Crippen LogP contribution in [-0.2, 0) is 4.79 Å². The third-order valence-electron chi connectivity index (χ3n) is 4.27. The van der Waals surface area contributed by atoms with Gasteiger partial charge in [0.15, 0.2) is 0 Å². The van der Waals surface area contributed by atoms with Crippen LogP contribution in [0.3, 0.4) is 0 Å². The van der Waals surface area contributed by atoms with Crippen molar-refractivity contribution in [2.75, 3.05) is 11.9 Å². The molecule has 1 heterocycles. The monoisotopic (exact) mass is 382 g/mol. The number of nitrogens with zero attached hydrogens (tertiary/aromatic N) is 2. The zero-order valence-electron chi connectivity index (χ0n) is 15.5. The van der Waals surface area contributed by atoms with Crippen LogP contribution in [0.1, 0.15) is 17.0 Å². The number of rotatable bonds is 6. The first-order chi connectivity index (χ1) is 13.5. The van der Waals surface area contributed by atoms with Gasteiger partial charge in [0.25, 0.3) is 5.91 Å². The number of hydrogen-bond acceptors (Lipinski definition) is 3. The zero-order valence-corrected chi connectivity index (χ0v) is 15.5. The second kappa shape index (κ2) is 8.47. The Morgan fingerprint density at radius 1 is 1.07 bits per heavy atom. The molecule has 144 valence electrons. The molecule has 0 saturated carbocycles. The highest BCUT2D eigenvalue weighted by Gasteiger charge is 2.12. The van der Waals surface area contributed by atoms with E-state index in [0.717, 1.165) is 17.0 Å². The van der Waals surface area contributed by atoms with Gasteiger partial charge in [-0.3, -0.25) is 4.79 Å². The van der Waals surface area contributed by atoms with E-state index in [0.29, 0.717) is 5.69 Å². The minimum Gasteiger partial charge on any atom is -0.374 e. The number of nitrogens with one attached hydrogen (secondary N) is 2. The first-order valence-electron chi connectivity index (χ1n) is 8.71. The van der Waals surface area contributed by atoms with Crippen LogP contribution < -0.4 is 10.7 Å². The van der Waals surface area contributed by atoms with Gasteiger partial charge < -0.3 is 9.88 Å². The Balaban J connectivity index is 1.65. The molecule has 28 heavy (non-hydrogen) atoms. The number of halogens is 2. The second-order valence-electron chi connectivity index (χ2n) is 6.24. The summed E-state index contributed by atoms with van der Waals surface area (Å²) >= 11 is 0. The highest BCUT2D eigenvalue weighted by atomic mass is 19.1. The topological polar surface area (TPSA) is 58.4 Å². The van der Waals surface area contributed by atoms with E-state index < -0.39 is 11.7 Å². The van der Waals surface area contributed by atoms with E-state index in [1.807, 2.05) is 19.9 Å². The zero-order chi connectivity index (χ0) is 20.1. The maximum atomic E-state index is 14.1. The molecule has 0 radical (unpaired) electrons. The summed E-state index contributed by atoms with van der Waals surface area (Å²) in [5.41, 5.74) is 5.48. The Labute approximate surface area is 161 Å². The second-order valence-corrected chi connectivity index (χ2v) is 6.24. The smallest absolute Gasteiger partial charge is 0.259 e. The van der Waals surface area contributed by atoms with Crippen molar-refractivity contribution in [3.05, 3.63) is 83.2 Å². The van der Waals surface area contributed by atoms with Crippen molar-refractivity contribution in [3.8, 4) is 5.69 Å². The molecule has 0 aliphatic carbocycles. The van der Waals surface area contributed by atoms with Gasteiger partial charge in [0, 0.05) is 17.0 Å². The predicted octanol–water partition coefficient (Wildman–Crippen LogP) is 3.93. The van der Waals surface area contributed by atoms with Crippen molar-refractivity contribution in [3.63, 3.8) is 0 Å². The molecular formula is C21H20F2N4O. The third-order valence-corrected chi connectivity index (χ3v) is 4.27. The highest BCUT2D eigenvalue weighted by molar-refractivity contribution is 5.85. The van der Waals surface area contributed by atoms with Crippen LogP contribution in [0.25, 0.3) is 5.69 Å². The van der Waals surface area contributed by atoms with Crippen molar-refractivity contribution >= 4 is 17.8 Å². The number of aryl methyl sites for hydroxylation is 1. The molecule has 5 nitrogen and oxygen atoms in total. The SMILES string of the molecule is Cc1cc(/C=N/NC(=O)CNc2ccccc2F)c(C)n1-c1ccccc1F. The molecule has 0 aliphatic heterocycles. The fourth-order valence-corrected chi connectivity index (χ4v) is 2.92. The first kappa shape index (κ1) is 19.3. The number of carbonyl (C=O) groups excluding carboxylic acids is 1. The summed E-state index contributed by atoms with van der Waals surface area (Å²) in [6, 6.07) is 14.5. The van der Waals surface area contributed by atoms with Crippen molar-refractivity contribution in [2.45, 2.75) is 13.8 Å². The van der Waals surface area contributed by atoms with Gasteiger partial charge in [0.05, 0.1) is 24.1 Å². The first-order valence-corrected chi connectivity index (χ1v) is 8.71. The molecule has 0 saturated heterocycles. The Morgan fingerprint density at radius 2 is 1.75 bits per heavy atom. The lowest BCUT2D eigenvalue weighted by molar-refractivity contribution is -0.119. The lowest BCUT2D eigenvalue weighted by Gasteiger charge is -2.10. The normalized spacial score (nSPS) is 11.0. The summed E-state index contributed by atoms with van der Waals surface area (Å²) in [7, 11) is 0. The van der Waals surface area contributed by atoms with Gasteiger partial charge >= 0.3 is 0 Å². The van der Waals surface area contributed by atoms with Crippen molar-refractivity contribution in [1.82, 2.24) is 9.99 Å². The fourth-order valence-electron chi connectivity index (χ4n) is 2.92. The molecule has 3 rings (SSSR count).